The molecule has 2 fully saturated rings. The minimum absolute atomic E-state index is 0.233. The van der Waals surface area contributed by atoms with Gasteiger partial charge in [-0.2, -0.15) is 0 Å². The summed E-state index contributed by atoms with van der Waals surface area (Å²) in [5.74, 6) is -0.696. The third-order valence-corrected chi connectivity index (χ3v) is 5.20. The molecule has 3 atom stereocenters. The second-order valence-electron chi connectivity index (χ2n) is 5.94. The topological polar surface area (TPSA) is 81.8 Å². The third kappa shape index (κ3) is 2.24. The quantitative estimate of drug-likeness (QED) is 0.682. The average Bonchev–Trinajstić information content (AvgIpc) is 2.94. The highest BCUT2D eigenvalue weighted by Crippen LogP contribution is 2.33. The standard InChI is InChI=1S/C14H19ClN4O3/c1-7-11(15)12-8(5-6-16-12)19(14(22)18(7)2)9-3-4-10(20)17-13(9)21/h7-9,16H,3-6H2,1-2H3,(H,17,20,21). The highest BCUT2D eigenvalue weighted by molar-refractivity contribution is 6.31. The van der Waals surface area contributed by atoms with Crippen molar-refractivity contribution >= 4 is 29.4 Å². The molecule has 2 saturated heterocycles. The predicted molar refractivity (Wildman–Crippen MR) is 79.9 cm³/mol. The Hall–Kier alpha value is -1.76. The van der Waals surface area contributed by atoms with E-state index in [4.69, 9.17) is 11.6 Å². The highest BCUT2D eigenvalue weighted by Gasteiger charge is 2.46. The van der Waals surface area contributed by atoms with Gasteiger partial charge in [-0.25, -0.2) is 4.79 Å². The molecule has 3 aliphatic rings. The van der Waals surface area contributed by atoms with Gasteiger partial charge in [0.05, 0.1) is 22.8 Å². The number of rotatable bonds is 1. The molecule has 0 radical (unpaired) electrons. The monoisotopic (exact) mass is 326 g/mol. The Morgan fingerprint density at radius 1 is 1.18 bits per heavy atom. The Kier molecular flexibility index (Phi) is 3.76. The molecule has 3 aliphatic heterocycles. The number of halogens is 1. The van der Waals surface area contributed by atoms with Crippen LogP contribution in [0.5, 0.6) is 0 Å². The zero-order valence-corrected chi connectivity index (χ0v) is 13.3. The number of hydrogen-bond acceptors (Lipinski definition) is 4. The van der Waals surface area contributed by atoms with E-state index in [1.54, 1.807) is 16.8 Å². The first-order chi connectivity index (χ1) is 10.4. The fraction of sp³-hybridized carbons (Fsp3) is 0.643. The number of nitrogens with one attached hydrogen (secondary N) is 2. The normalized spacial score (nSPS) is 32.7. The molecular formula is C14H19ClN4O3. The van der Waals surface area contributed by atoms with Crippen molar-refractivity contribution < 1.29 is 14.4 Å². The minimum atomic E-state index is -0.637. The van der Waals surface area contributed by atoms with Crippen LogP contribution in [-0.2, 0) is 9.59 Å². The summed E-state index contributed by atoms with van der Waals surface area (Å²) in [5.41, 5.74) is 0.816. The zero-order valence-electron chi connectivity index (χ0n) is 12.6. The van der Waals surface area contributed by atoms with Crippen LogP contribution >= 0.6 is 11.6 Å². The van der Waals surface area contributed by atoms with Crippen LogP contribution < -0.4 is 10.6 Å². The summed E-state index contributed by atoms with van der Waals surface area (Å²) >= 11 is 6.44. The van der Waals surface area contributed by atoms with E-state index in [1.165, 1.54) is 0 Å². The van der Waals surface area contributed by atoms with Gasteiger partial charge in [-0.3, -0.25) is 14.9 Å². The number of amides is 4. The first kappa shape index (κ1) is 15.1. The van der Waals surface area contributed by atoms with Crippen LogP contribution in [0.15, 0.2) is 10.7 Å². The van der Waals surface area contributed by atoms with Crippen LogP contribution in [0.2, 0.25) is 0 Å². The lowest BCUT2D eigenvalue weighted by molar-refractivity contribution is -0.137. The second kappa shape index (κ2) is 5.46. The molecule has 0 bridgehead atoms. The van der Waals surface area contributed by atoms with Gasteiger partial charge in [0.1, 0.15) is 6.04 Å². The van der Waals surface area contributed by atoms with E-state index in [0.29, 0.717) is 24.4 Å². The van der Waals surface area contributed by atoms with Crippen molar-refractivity contribution in [1.82, 2.24) is 20.4 Å². The van der Waals surface area contributed by atoms with Gasteiger partial charge in [0.2, 0.25) is 11.8 Å². The maximum atomic E-state index is 12.8. The molecule has 0 spiro atoms. The molecule has 0 aromatic heterocycles. The van der Waals surface area contributed by atoms with Gasteiger partial charge in [0.15, 0.2) is 0 Å². The predicted octanol–water partition coefficient (Wildman–Crippen LogP) is 0.360. The number of likely N-dealkylation sites (N-methyl/N-ethyl adjacent to an activating group) is 1. The zero-order chi connectivity index (χ0) is 16.0. The molecule has 8 heteroatoms. The first-order valence-electron chi connectivity index (χ1n) is 7.44. The highest BCUT2D eigenvalue weighted by atomic mass is 35.5. The van der Waals surface area contributed by atoms with Gasteiger partial charge in [0, 0.05) is 20.0 Å². The molecule has 0 aromatic rings. The van der Waals surface area contributed by atoms with E-state index in [0.717, 1.165) is 5.70 Å². The Balaban J connectivity index is 2.00. The Morgan fingerprint density at radius 3 is 2.59 bits per heavy atom. The molecule has 4 amide bonds. The summed E-state index contributed by atoms with van der Waals surface area (Å²) in [4.78, 5) is 39.5. The summed E-state index contributed by atoms with van der Waals surface area (Å²) in [7, 11) is 1.68. The van der Waals surface area contributed by atoms with Crippen molar-refractivity contribution in [2.24, 2.45) is 0 Å². The lowest BCUT2D eigenvalue weighted by Gasteiger charge is -2.38. The number of fused-ring (bicyclic) bond motifs is 1. The van der Waals surface area contributed by atoms with E-state index >= 15 is 0 Å². The molecular weight excluding hydrogens is 308 g/mol. The Morgan fingerprint density at radius 2 is 1.91 bits per heavy atom. The smallest absolute Gasteiger partial charge is 0.321 e. The summed E-state index contributed by atoms with van der Waals surface area (Å²) < 4.78 is 0. The number of hydrogen-bond donors (Lipinski definition) is 2. The minimum Gasteiger partial charge on any atom is -0.386 e. The van der Waals surface area contributed by atoms with E-state index in [1.807, 2.05) is 6.92 Å². The van der Waals surface area contributed by atoms with Crippen LogP contribution in [0.1, 0.15) is 26.2 Å². The molecule has 3 unspecified atom stereocenters. The van der Waals surface area contributed by atoms with E-state index in [-0.39, 0.29) is 30.4 Å². The molecule has 0 saturated carbocycles. The number of piperidine rings is 1. The number of imide groups is 1. The van der Waals surface area contributed by atoms with Gasteiger partial charge in [-0.1, -0.05) is 11.6 Å². The number of urea groups is 1. The second-order valence-corrected chi connectivity index (χ2v) is 6.34. The van der Waals surface area contributed by atoms with Gasteiger partial charge in [-0.15, -0.1) is 0 Å². The van der Waals surface area contributed by atoms with E-state index in [9.17, 15) is 14.4 Å². The lowest BCUT2D eigenvalue weighted by atomic mass is 10.0. The number of nitrogens with zero attached hydrogens (tertiary/aromatic N) is 2. The third-order valence-electron chi connectivity index (χ3n) is 4.68. The van der Waals surface area contributed by atoms with Crippen molar-refractivity contribution in [2.45, 2.75) is 44.3 Å². The maximum Gasteiger partial charge on any atom is 0.321 e. The van der Waals surface area contributed by atoms with Crippen LogP contribution in [0, 0.1) is 0 Å². The molecule has 0 aliphatic carbocycles. The fourth-order valence-corrected chi connectivity index (χ4v) is 3.64. The van der Waals surface area contributed by atoms with Crippen LogP contribution in [0.3, 0.4) is 0 Å². The largest absolute Gasteiger partial charge is 0.386 e. The fourth-order valence-electron chi connectivity index (χ4n) is 3.30. The number of carbonyl (C=O) groups excluding carboxylic acids is 3. The van der Waals surface area contributed by atoms with Crippen molar-refractivity contribution in [1.29, 1.82) is 0 Å². The van der Waals surface area contributed by atoms with Gasteiger partial charge < -0.3 is 15.1 Å². The molecule has 3 heterocycles. The summed E-state index contributed by atoms with van der Waals surface area (Å²) in [6.45, 7) is 2.57. The molecule has 7 nitrogen and oxygen atoms in total. The van der Waals surface area contributed by atoms with Crippen molar-refractivity contribution in [3.63, 3.8) is 0 Å². The summed E-state index contributed by atoms with van der Waals surface area (Å²) in [6.07, 6.45) is 1.29. The van der Waals surface area contributed by atoms with Gasteiger partial charge in [0.25, 0.3) is 0 Å². The van der Waals surface area contributed by atoms with Gasteiger partial charge >= 0.3 is 6.03 Å². The van der Waals surface area contributed by atoms with E-state index < -0.39 is 11.9 Å². The summed E-state index contributed by atoms with van der Waals surface area (Å²) in [6, 6.07) is -1.36. The number of carbonyl (C=O) groups is 3. The Bertz CT molecular complexity index is 576. The van der Waals surface area contributed by atoms with Crippen molar-refractivity contribution in [3.05, 3.63) is 10.7 Å². The SMILES string of the molecule is CC1C(Cl)=C2NCCC2N(C2CCC(=O)NC2=O)C(=O)N1C. The van der Waals surface area contributed by atoms with Crippen LogP contribution in [-0.4, -0.2) is 59.4 Å². The lowest BCUT2D eigenvalue weighted by Crippen LogP contribution is -2.59. The van der Waals surface area contributed by atoms with Crippen molar-refractivity contribution in [2.75, 3.05) is 13.6 Å². The van der Waals surface area contributed by atoms with E-state index in [2.05, 4.69) is 10.6 Å². The van der Waals surface area contributed by atoms with Crippen LogP contribution in [0.25, 0.3) is 0 Å². The summed E-state index contributed by atoms with van der Waals surface area (Å²) in [5, 5.41) is 6.17. The molecule has 2 N–H and O–H groups in total. The molecule has 0 aromatic carbocycles. The average molecular weight is 327 g/mol. The first-order valence-corrected chi connectivity index (χ1v) is 7.82. The molecule has 3 rings (SSSR count). The molecule has 120 valence electrons. The van der Waals surface area contributed by atoms with Gasteiger partial charge in [-0.05, 0) is 19.8 Å². The molecule has 22 heavy (non-hydrogen) atoms. The van der Waals surface area contributed by atoms with Crippen molar-refractivity contribution in [3.8, 4) is 0 Å². The maximum absolute atomic E-state index is 12.8. The Labute approximate surface area is 133 Å². The van der Waals surface area contributed by atoms with Crippen LogP contribution in [0.4, 0.5) is 4.79 Å².